The molecule has 0 bridgehead atoms. The average Bonchev–Trinajstić information content (AvgIpc) is 2.29. The molecule has 4 heteroatoms. The van der Waals surface area contributed by atoms with E-state index in [2.05, 4.69) is 26.0 Å². The van der Waals surface area contributed by atoms with Crippen molar-refractivity contribution >= 4 is 27.6 Å². The normalized spacial score (nSPS) is 12.0. The summed E-state index contributed by atoms with van der Waals surface area (Å²) in [4.78, 5) is 11.2. The van der Waals surface area contributed by atoms with Gasteiger partial charge < -0.3 is 10.1 Å². The van der Waals surface area contributed by atoms with Crippen LogP contribution in [0.25, 0.3) is 0 Å². The Labute approximate surface area is 104 Å². The van der Waals surface area contributed by atoms with Crippen LogP contribution in [-0.4, -0.2) is 19.6 Å². The molecular weight excluding hydrogens is 270 g/mol. The second-order valence-corrected chi connectivity index (χ2v) is 4.57. The fraction of sp³-hybridized carbons (Fsp3) is 0.417. The van der Waals surface area contributed by atoms with Crippen LogP contribution in [0.5, 0.6) is 0 Å². The number of hydrogen-bond donors (Lipinski definition) is 1. The Balaban J connectivity index is 2.61. The molecule has 0 aromatic heterocycles. The minimum absolute atomic E-state index is 0.150. The van der Waals surface area contributed by atoms with Gasteiger partial charge in [0.1, 0.15) is 0 Å². The highest BCUT2D eigenvalue weighted by atomic mass is 79.9. The van der Waals surface area contributed by atoms with Gasteiger partial charge in [-0.1, -0.05) is 28.9 Å². The monoisotopic (exact) mass is 285 g/mol. The Morgan fingerprint density at radius 3 is 2.88 bits per heavy atom. The molecule has 0 fully saturated rings. The third-order valence-corrected chi connectivity index (χ3v) is 3.33. The summed E-state index contributed by atoms with van der Waals surface area (Å²) in [6.45, 7) is 4.44. The van der Waals surface area contributed by atoms with E-state index in [1.54, 1.807) is 0 Å². The molecule has 1 rings (SSSR count). The van der Waals surface area contributed by atoms with Gasteiger partial charge in [0.2, 0.25) is 0 Å². The van der Waals surface area contributed by atoms with E-state index in [1.165, 1.54) is 7.11 Å². The number of hydrogen-bond acceptors (Lipinski definition) is 3. The topological polar surface area (TPSA) is 38.3 Å². The van der Waals surface area contributed by atoms with Gasteiger partial charge in [-0.15, -0.1) is 0 Å². The van der Waals surface area contributed by atoms with E-state index in [9.17, 15) is 4.79 Å². The first-order valence-corrected chi connectivity index (χ1v) is 5.92. The Kier molecular flexibility index (Phi) is 4.80. The number of carbonyl (C=O) groups is 1. The second-order valence-electron chi connectivity index (χ2n) is 3.72. The quantitative estimate of drug-likeness (QED) is 0.865. The molecule has 0 aliphatic carbocycles. The molecule has 0 spiro atoms. The van der Waals surface area contributed by atoms with E-state index >= 15 is 0 Å². The average molecular weight is 286 g/mol. The molecule has 3 nitrogen and oxygen atoms in total. The van der Waals surface area contributed by atoms with Gasteiger partial charge in [-0.3, -0.25) is 4.79 Å². The fourth-order valence-electron chi connectivity index (χ4n) is 1.35. The molecule has 1 aromatic carbocycles. The van der Waals surface area contributed by atoms with Crippen LogP contribution in [0.1, 0.15) is 12.5 Å². The number of esters is 1. The first kappa shape index (κ1) is 13.0. The molecule has 1 atom stereocenters. The van der Waals surface area contributed by atoms with Crippen molar-refractivity contribution in [2.24, 2.45) is 5.92 Å². The summed E-state index contributed by atoms with van der Waals surface area (Å²) in [5.74, 6) is -0.344. The zero-order chi connectivity index (χ0) is 12.1. The summed E-state index contributed by atoms with van der Waals surface area (Å²) < 4.78 is 5.72. The van der Waals surface area contributed by atoms with Crippen LogP contribution < -0.4 is 5.32 Å². The maximum Gasteiger partial charge on any atom is 0.310 e. The Bertz CT molecular complexity index is 379. The van der Waals surface area contributed by atoms with E-state index in [-0.39, 0.29) is 11.9 Å². The van der Waals surface area contributed by atoms with E-state index in [0.29, 0.717) is 6.54 Å². The van der Waals surface area contributed by atoms with Crippen molar-refractivity contribution in [3.63, 3.8) is 0 Å². The van der Waals surface area contributed by atoms with Gasteiger partial charge >= 0.3 is 5.97 Å². The summed E-state index contributed by atoms with van der Waals surface area (Å²) in [7, 11) is 1.41. The molecule has 1 aromatic rings. The lowest BCUT2D eigenvalue weighted by Crippen LogP contribution is -2.21. The van der Waals surface area contributed by atoms with Crippen LogP contribution in [0.4, 0.5) is 5.69 Å². The molecule has 0 heterocycles. The molecule has 0 saturated heterocycles. The number of nitrogens with one attached hydrogen (secondary N) is 1. The summed E-state index contributed by atoms with van der Waals surface area (Å²) in [6.07, 6.45) is 0. The van der Waals surface area contributed by atoms with Crippen LogP contribution in [-0.2, 0) is 9.53 Å². The maximum absolute atomic E-state index is 11.2. The van der Waals surface area contributed by atoms with Gasteiger partial charge in [0.05, 0.1) is 13.0 Å². The van der Waals surface area contributed by atoms with Gasteiger partial charge in [0, 0.05) is 16.7 Å². The van der Waals surface area contributed by atoms with Crippen LogP contribution >= 0.6 is 15.9 Å². The van der Waals surface area contributed by atoms with E-state index in [1.807, 2.05) is 32.0 Å². The third-order valence-electron chi connectivity index (χ3n) is 2.47. The predicted molar refractivity (Wildman–Crippen MR) is 68.5 cm³/mol. The van der Waals surface area contributed by atoms with Crippen LogP contribution in [0.15, 0.2) is 22.7 Å². The molecule has 0 radical (unpaired) electrons. The number of rotatable bonds is 4. The second kappa shape index (κ2) is 5.89. The number of halogens is 1. The van der Waals surface area contributed by atoms with Gasteiger partial charge in [-0.2, -0.15) is 0 Å². The highest BCUT2D eigenvalue weighted by molar-refractivity contribution is 9.10. The van der Waals surface area contributed by atoms with E-state index < -0.39 is 0 Å². The van der Waals surface area contributed by atoms with Gasteiger partial charge in [0.15, 0.2) is 0 Å². The number of benzene rings is 1. The zero-order valence-electron chi connectivity index (χ0n) is 9.71. The smallest absolute Gasteiger partial charge is 0.310 e. The maximum atomic E-state index is 11.2. The predicted octanol–water partition coefficient (Wildman–Crippen LogP) is 2.98. The van der Waals surface area contributed by atoms with Gasteiger partial charge in [-0.05, 0) is 24.6 Å². The Morgan fingerprint density at radius 1 is 1.56 bits per heavy atom. The summed E-state index contributed by atoms with van der Waals surface area (Å²) >= 11 is 3.46. The Hall–Kier alpha value is -1.03. The highest BCUT2D eigenvalue weighted by Gasteiger charge is 2.12. The summed E-state index contributed by atoms with van der Waals surface area (Å²) in [5.41, 5.74) is 2.17. The first-order valence-electron chi connectivity index (χ1n) is 5.13. The molecule has 16 heavy (non-hydrogen) atoms. The molecule has 1 N–H and O–H groups in total. The molecule has 0 saturated carbocycles. The fourth-order valence-corrected chi connectivity index (χ4v) is 1.71. The van der Waals surface area contributed by atoms with Crippen LogP contribution in [0, 0.1) is 12.8 Å². The molecule has 88 valence electrons. The molecule has 0 amide bonds. The van der Waals surface area contributed by atoms with Gasteiger partial charge in [-0.25, -0.2) is 0 Å². The Morgan fingerprint density at radius 2 is 2.25 bits per heavy atom. The van der Waals surface area contributed by atoms with E-state index in [4.69, 9.17) is 0 Å². The van der Waals surface area contributed by atoms with Crippen molar-refractivity contribution < 1.29 is 9.53 Å². The molecular formula is C12H16BrNO2. The summed E-state index contributed by atoms with van der Waals surface area (Å²) in [6, 6.07) is 5.94. The van der Waals surface area contributed by atoms with Crippen LogP contribution in [0.3, 0.4) is 0 Å². The van der Waals surface area contributed by atoms with Crippen molar-refractivity contribution in [1.29, 1.82) is 0 Å². The molecule has 0 aliphatic rings. The zero-order valence-corrected chi connectivity index (χ0v) is 11.3. The van der Waals surface area contributed by atoms with Crippen molar-refractivity contribution in [2.75, 3.05) is 19.0 Å². The minimum Gasteiger partial charge on any atom is -0.469 e. The number of methoxy groups -OCH3 is 1. The van der Waals surface area contributed by atoms with Gasteiger partial charge in [0.25, 0.3) is 0 Å². The standard InChI is InChI=1S/C12H16BrNO2/c1-8(12(15)16-3)7-14-11-6-4-5-10(13)9(11)2/h4-6,8,14H,7H2,1-3H3. The van der Waals surface area contributed by atoms with Crippen molar-refractivity contribution in [3.8, 4) is 0 Å². The number of ether oxygens (including phenoxy) is 1. The molecule has 1 unspecified atom stereocenters. The van der Waals surface area contributed by atoms with E-state index in [0.717, 1.165) is 15.7 Å². The lowest BCUT2D eigenvalue weighted by atomic mass is 10.1. The SMILES string of the molecule is COC(=O)C(C)CNc1cccc(Br)c1C. The van der Waals surface area contributed by atoms with Crippen molar-refractivity contribution in [2.45, 2.75) is 13.8 Å². The summed E-state index contributed by atoms with van der Waals surface area (Å²) in [5, 5.41) is 3.24. The highest BCUT2D eigenvalue weighted by Crippen LogP contribution is 2.23. The molecule has 0 aliphatic heterocycles. The number of carbonyl (C=O) groups excluding carboxylic acids is 1. The van der Waals surface area contributed by atoms with Crippen LogP contribution in [0.2, 0.25) is 0 Å². The first-order chi connectivity index (χ1) is 7.56. The van der Waals surface area contributed by atoms with Crippen molar-refractivity contribution in [1.82, 2.24) is 0 Å². The lowest BCUT2D eigenvalue weighted by Gasteiger charge is -2.14. The number of anilines is 1. The third kappa shape index (κ3) is 3.23. The minimum atomic E-state index is -0.194. The largest absolute Gasteiger partial charge is 0.469 e. The lowest BCUT2D eigenvalue weighted by molar-refractivity contribution is -0.144. The van der Waals surface area contributed by atoms with Crippen molar-refractivity contribution in [3.05, 3.63) is 28.2 Å².